The lowest BCUT2D eigenvalue weighted by Crippen LogP contribution is -2.62. The van der Waals surface area contributed by atoms with E-state index in [-0.39, 0.29) is 9.92 Å². The number of anilines is 1. The van der Waals surface area contributed by atoms with E-state index in [1.807, 2.05) is 6.92 Å². The molecule has 4 rings (SSSR count). The highest BCUT2D eigenvalue weighted by Crippen LogP contribution is 2.45. The van der Waals surface area contributed by atoms with Crippen LogP contribution in [0.2, 0.25) is 5.02 Å². The summed E-state index contributed by atoms with van der Waals surface area (Å²) in [6.45, 7) is 1.84. The van der Waals surface area contributed by atoms with Crippen LogP contribution in [0.5, 0.6) is 0 Å². The van der Waals surface area contributed by atoms with E-state index in [0.717, 1.165) is 22.0 Å². The first-order valence-corrected chi connectivity index (χ1v) is 11.0. The van der Waals surface area contributed by atoms with Crippen LogP contribution in [-0.2, 0) is 10.0 Å². The minimum absolute atomic E-state index is 0.146. The maximum absolute atomic E-state index is 12.7. The number of alkyl halides is 3. The van der Waals surface area contributed by atoms with Gasteiger partial charge in [-0.25, -0.2) is 13.1 Å². The minimum atomic E-state index is -4.81. The molecule has 0 bridgehead atoms. The normalized spacial score (nSPS) is 21.9. The summed E-state index contributed by atoms with van der Waals surface area (Å²) in [6, 6.07) is 6.63. The molecule has 0 radical (unpaired) electrons. The Morgan fingerprint density at radius 3 is 2.52 bits per heavy atom. The molecule has 0 atom stereocenters. The van der Waals surface area contributed by atoms with Gasteiger partial charge in [-0.2, -0.15) is 18.3 Å². The Labute approximate surface area is 180 Å². The Morgan fingerprint density at radius 2 is 1.90 bits per heavy atom. The van der Waals surface area contributed by atoms with Gasteiger partial charge >= 0.3 is 6.18 Å². The van der Waals surface area contributed by atoms with Crippen LogP contribution in [0.4, 0.5) is 19.0 Å². The number of sulfonamides is 1. The van der Waals surface area contributed by atoms with Crippen LogP contribution in [0.3, 0.4) is 0 Å². The molecule has 1 saturated carbocycles. The van der Waals surface area contributed by atoms with Crippen molar-refractivity contribution in [1.82, 2.24) is 14.9 Å². The molecule has 1 fully saturated rings. The summed E-state index contributed by atoms with van der Waals surface area (Å²) >= 11 is 6.36. The van der Waals surface area contributed by atoms with Crippen LogP contribution in [0.25, 0.3) is 22.0 Å². The molecule has 2 aromatic carbocycles. The van der Waals surface area contributed by atoms with E-state index in [9.17, 15) is 26.7 Å². The third kappa shape index (κ3) is 3.65. The van der Waals surface area contributed by atoms with Crippen molar-refractivity contribution in [2.45, 2.75) is 42.5 Å². The van der Waals surface area contributed by atoms with Gasteiger partial charge in [0.2, 0.25) is 10.0 Å². The summed E-state index contributed by atoms with van der Waals surface area (Å²) in [5, 5.41) is 17.2. The van der Waals surface area contributed by atoms with Gasteiger partial charge in [0.1, 0.15) is 0 Å². The molecule has 12 heteroatoms. The minimum Gasteiger partial charge on any atom is -0.382 e. The van der Waals surface area contributed by atoms with Crippen molar-refractivity contribution < 1.29 is 26.7 Å². The fraction of sp³-hybridized carbons (Fsp3) is 0.316. The van der Waals surface area contributed by atoms with E-state index in [1.165, 1.54) is 18.2 Å². The van der Waals surface area contributed by atoms with Crippen LogP contribution in [0.1, 0.15) is 18.4 Å². The van der Waals surface area contributed by atoms with E-state index in [0.29, 0.717) is 11.4 Å². The van der Waals surface area contributed by atoms with Gasteiger partial charge in [0, 0.05) is 34.9 Å². The zero-order chi connectivity index (χ0) is 22.8. The second-order valence-electron chi connectivity index (χ2n) is 7.67. The Bertz CT molecular complexity index is 1280. The number of aromatic nitrogens is 2. The molecule has 7 nitrogen and oxygen atoms in total. The zero-order valence-corrected chi connectivity index (χ0v) is 17.7. The number of fused-ring (bicyclic) bond motifs is 1. The van der Waals surface area contributed by atoms with Crippen LogP contribution < -0.4 is 10.5 Å². The number of aryl methyl sites for hydroxylation is 1. The van der Waals surface area contributed by atoms with E-state index >= 15 is 0 Å². The van der Waals surface area contributed by atoms with Crippen LogP contribution in [0, 0.1) is 6.92 Å². The van der Waals surface area contributed by atoms with E-state index in [4.69, 9.17) is 17.3 Å². The number of nitrogens with zero attached hydrogens (tertiary/aromatic N) is 1. The van der Waals surface area contributed by atoms with Crippen molar-refractivity contribution in [2.24, 2.45) is 0 Å². The lowest BCUT2D eigenvalue weighted by molar-refractivity contribution is -0.290. The second-order valence-corrected chi connectivity index (χ2v) is 9.79. The zero-order valence-electron chi connectivity index (χ0n) is 16.1. The number of aliphatic hydroxyl groups is 1. The van der Waals surface area contributed by atoms with Crippen LogP contribution in [0.15, 0.2) is 35.2 Å². The monoisotopic (exact) mass is 474 g/mol. The van der Waals surface area contributed by atoms with E-state index in [2.05, 4.69) is 14.9 Å². The molecular weight excluding hydrogens is 457 g/mol. The van der Waals surface area contributed by atoms with E-state index in [1.54, 1.807) is 12.1 Å². The molecule has 5 N–H and O–H groups in total. The molecule has 31 heavy (non-hydrogen) atoms. The Balaban J connectivity index is 1.60. The quantitative estimate of drug-likeness (QED) is 0.461. The van der Waals surface area contributed by atoms with E-state index < -0.39 is 40.7 Å². The third-order valence-corrected chi connectivity index (χ3v) is 7.41. The fourth-order valence-electron chi connectivity index (χ4n) is 3.84. The molecule has 0 spiro atoms. The summed E-state index contributed by atoms with van der Waals surface area (Å²) in [6.07, 6.45) is -6.29. The summed E-state index contributed by atoms with van der Waals surface area (Å²) < 4.78 is 65.6. The van der Waals surface area contributed by atoms with Gasteiger partial charge in [0.15, 0.2) is 11.4 Å². The number of hydrogen-bond acceptors (Lipinski definition) is 5. The van der Waals surface area contributed by atoms with Gasteiger partial charge in [-0.05, 0) is 36.2 Å². The third-order valence-electron chi connectivity index (χ3n) is 5.58. The number of aromatic amines is 1. The second kappa shape index (κ2) is 7.09. The molecule has 1 aliphatic rings. The summed E-state index contributed by atoms with van der Waals surface area (Å²) in [5.41, 5.74) is 5.89. The largest absolute Gasteiger partial charge is 0.417 e. The first-order valence-electron chi connectivity index (χ1n) is 9.17. The Kier molecular flexibility index (Phi) is 5.00. The first kappa shape index (κ1) is 21.9. The number of halogens is 4. The molecular formula is C19H18ClF3N4O3S. The number of nitrogen functional groups attached to an aromatic ring is 1. The summed E-state index contributed by atoms with van der Waals surface area (Å²) in [7, 11) is -4.13. The highest BCUT2D eigenvalue weighted by Gasteiger charge is 2.61. The lowest BCUT2D eigenvalue weighted by Gasteiger charge is -2.44. The van der Waals surface area contributed by atoms with Crippen molar-refractivity contribution in [3.05, 3.63) is 40.9 Å². The predicted molar refractivity (Wildman–Crippen MR) is 110 cm³/mol. The smallest absolute Gasteiger partial charge is 0.382 e. The maximum atomic E-state index is 12.7. The van der Waals surface area contributed by atoms with Gasteiger partial charge in [0.05, 0.1) is 10.4 Å². The molecule has 1 heterocycles. The van der Waals surface area contributed by atoms with Gasteiger partial charge in [-0.1, -0.05) is 23.7 Å². The topological polar surface area (TPSA) is 121 Å². The summed E-state index contributed by atoms with van der Waals surface area (Å²) in [5.74, 6) is 0.327. The van der Waals surface area contributed by atoms with Crippen LogP contribution >= 0.6 is 11.6 Å². The highest BCUT2D eigenvalue weighted by atomic mass is 35.5. The number of benzene rings is 2. The number of H-pyrrole nitrogens is 1. The maximum Gasteiger partial charge on any atom is 0.417 e. The first-order chi connectivity index (χ1) is 14.3. The molecule has 166 valence electrons. The van der Waals surface area contributed by atoms with Crippen molar-refractivity contribution >= 4 is 38.3 Å². The van der Waals surface area contributed by atoms with Gasteiger partial charge in [0.25, 0.3) is 0 Å². The predicted octanol–water partition coefficient (Wildman–Crippen LogP) is 3.51. The average Bonchev–Trinajstić information content (AvgIpc) is 3.02. The molecule has 3 aromatic rings. The van der Waals surface area contributed by atoms with Crippen molar-refractivity contribution in [3.63, 3.8) is 0 Å². The SMILES string of the molecule is Cc1c(-c2ccc(S(=O)(=O)NC3CC(O)(C(F)(F)F)C3)cc2Cl)ccc2[nH]nc(N)c12. The number of nitrogens with two attached hydrogens (primary N) is 1. The average molecular weight is 475 g/mol. The molecule has 1 aliphatic carbocycles. The van der Waals surface area contributed by atoms with Crippen LogP contribution in [-0.4, -0.2) is 41.5 Å². The Hall–Kier alpha value is -2.34. The lowest BCUT2D eigenvalue weighted by atomic mass is 9.76. The molecule has 0 saturated heterocycles. The number of hydrogen-bond donors (Lipinski definition) is 4. The van der Waals surface area contributed by atoms with Crippen molar-refractivity contribution in [3.8, 4) is 11.1 Å². The molecule has 0 aliphatic heterocycles. The fourth-order valence-corrected chi connectivity index (χ4v) is 5.45. The van der Waals surface area contributed by atoms with Gasteiger partial charge in [-0.15, -0.1) is 0 Å². The van der Waals surface area contributed by atoms with Gasteiger partial charge < -0.3 is 10.8 Å². The van der Waals surface area contributed by atoms with Gasteiger partial charge in [-0.3, -0.25) is 5.10 Å². The molecule has 0 amide bonds. The summed E-state index contributed by atoms with van der Waals surface area (Å²) in [4.78, 5) is -0.190. The van der Waals surface area contributed by atoms with Crippen molar-refractivity contribution in [1.29, 1.82) is 0 Å². The Morgan fingerprint density at radius 1 is 1.26 bits per heavy atom. The molecule has 0 unspecified atom stereocenters. The molecule has 1 aromatic heterocycles. The van der Waals surface area contributed by atoms with Crippen molar-refractivity contribution in [2.75, 3.05) is 5.73 Å². The standard InChI is InChI=1S/C19H18ClF3N4O3S/c1-9-12(4-5-15-16(9)17(24)26-25-15)13-3-2-11(6-14(13)20)31(29,30)27-10-7-18(28,8-10)19(21,22)23/h2-6,10,27-28H,7-8H2,1H3,(H3,24,25,26). The number of nitrogens with one attached hydrogen (secondary N) is 2. The number of rotatable bonds is 4. The highest BCUT2D eigenvalue weighted by molar-refractivity contribution is 7.89.